The average Bonchev–Trinajstić information content (AvgIpc) is 3.40. The van der Waals surface area contributed by atoms with Crippen LogP contribution in [-0.4, -0.2) is 70.4 Å². The van der Waals surface area contributed by atoms with E-state index < -0.39 is 0 Å². The van der Waals surface area contributed by atoms with Crippen molar-refractivity contribution in [1.82, 2.24) is 24.8 Å². The number of carbonyl (C=O) groups excluding carboxylic acids is 1. The monoisotopic (exact) mass is 414 g/mol. The number of anilines is 1. The molecule has 1 fully saturated rings. The minimum atomic E-state index is 0.0547. The summed E-state index contributed by atoms with van der Waals surface area (Å²) in [7, 11) is 3.96. The molecular formula is C24H26N6O. The Morgan fingerprint density at radius 2 is 2.13 bits per heavy atom. The van der Waals surface area contributed by atoms with Gasteiger partial charge in [0.15, 0.2) is 0 Å². The van der Waals surface area contributed by atoms with Gasteiger partial charge in [-0.1, -0.05) is 30.2 Å². The summed E-state index contributed by atoms with van der Waals surface area (Å²) in [6, 6.07) is 12.0. The van der Waals surface area contributed by atoms with E-state index in [1.807, 2.05) is 66.4 Å². The highest BCUT2D eigenvalue weighted by atomic mass is 16.2. The summed E-state index contributed by atoms with van der Waals surface area (Å²) < 4.78 is 0. The van der Waals surface area contributed by atoms with E-state index in [-0.39, 0.29) is 11.9 Å². The summed E-state index contributed by atoms with van der Waals surface area (Å²) in [5.41, 5.74) is 2.49. The Morgan fingerprint density at radius 1 is 1.29 bits per heavy atom. The van der Waals surface area contributed by atoms with Gasteiger partial charge in [-0.2, -0.15) is 0 Å². The Labute approximate surface area is 182 Å². The minimum Gasteiger partial charge on any atom is -0.365 e. The second-order valence-electron chi connectivity index (χ2n) is 7.86. The van der Waals surface area contributed by atoms with Crippen LogP contribution in [0.3, 0.4) is 0 Å². The van der Waals surface area contributed by atoms with E-state index in [2.05, 4.69) is 32.1 Å². The Morgan fingerprint density at radius 3 is 2.94 bits per heavy atom. The number of benzene rings is 1. The van der Waals surface area contributed by atoms with Gasteiger partial charge in [-0.3, -0.25) is 4.79 Å². The molecule has 3 aromatic rings. The van der Waals surface area contributed by atoms with E-state index in [1.165, 1.54) is 6.33 Å². The minimum absolute atomic E-state index is 0.0547. The van der Waals surface area contributed by atoms with Gasteiger partial charge >= 0.3 is 0 Å². The molecule has 0 radical (unpaired) electrons. The molecule has 0 aliphatic carbocycles. The quantitative estimate of drug-likeness (QED) is 0.496. The van der Waals surface area contributed by atoms with Crippen LogP contribution in [0.4, 0.5) is 5.82 Å². The van der Waals surface area contributed by atoms with Crippen molar-refractivity contribution in [2.75, 3.05) is 39.0 Å². The normalized spacial score (nSPS) is 16.1. The number of aromatic nitrogens is 3. The first kappa shape index (κ1) is 20.6. The molecule has 2 N–H and O–H groups in total. The van der Waals surface area contributed by atoms with E-state index in [0.717, 1.165) is 47.6 Å². The number of nitrogens with one attached hydrogen (secondary N) is 2. The molecule has 0 saturated carbocycles. The van der Waals surface area contributed by atoms with Crippen LogP contribution < -0.4 is 5.32 Å². The molecule has 1 unspecified atom stereocenters. The van der Waals surface area contributed by atoms with E-state index in [4.69, 9.17) is 0 Å². The van der Waals surface area contributed by atoms with Crippen molar-refractivity contribution in [2.45, 2.75) is 12.5 Å². The third kappa shape index (κ3) is 5.30. The number of carbonyl (C=O) groups is 1. The molecule has 7 heteroatoms. The number of amides is 1. The number of hydrogen-bond donors (Lipinski definition) is 2. The summed E-state index contributed by atoms with van der Waals surface area (Å²) in [4.78, 5) is 28.3. The van der Waals surface area contributed by atoms with Crippen molar-refractivity contribution >= 4 is 22.8 Å². The molecule has 4 rings (SSSR count). The summed E-state index contributed by atoms with van der Waals surface area (Å²) in [6.07, 6.45) is 5.98. The highest BCUT2D eigenvalue weighted by Crippen LogP contribution is 2.23. The predicted molar refractivity (Wildman–Crippen MR) is 123 cm³/mol. The van der Waals surface area contributed by atoms with Crippen LogP contribution in [0.15, 0.2) is 54.9 Å². The van der Waals surface area contributed by atoms with Crippen molar-refractivity contribution in [3.63, 3.8) is 0 Å². The van der Waals surface area contributed by atoms with Gasteiger partial charge in [0, 0.05) is 37.3 Å². The highest BCUT2D eigenvalue weighted by Gasteiger charge is 2.25. The lowest BCUT2D eigenvalue weighted by molar-refractivity contribution is -0.125. The number of hydrogen-bond acceptors (Lipinski definition) is 5. The molecule has 3 heterocycles. The van der Waals surface area contributed by atoms with Crippen molar-refractivity contribution < 1.29 is 4.79 Å². The molecule has 1 amide bonds. The maximum absolute atomic E-state index is 12.4. The Hall–Kier alpha value is -3.63. The maximum Gasteiger partial charge on any atom is 0.246 e. The average molecular weight is 415 g/mol. The molecule has 1 aliphatic heterocycles. The molecule has 7 nitrogen and oxygen atoms in total. The Bertz CT molecular complexity index is 1140. The van der Waals surface area contributed by atoms with Gasteiger partial charge in [0.05, 0.1) is 11.1 Å². The lowest BCUT2D eigenvalue weighted by atomic mass is 10.2. The first-order valence-corrected chi connectivity index (χ1v) is 10.4. The number of fused-ring (bicyclic) bond motifs is 1. The Kier molecular flexibility index (Phi) is 6.29. The number of likely N-dealkylation sites (tertiary alicyclic amines) is 1. The van der Waals surface area contributed by atoms with Gasteiger partial charge in [0.25, 0.3) is 0 Å². The van der Waals surface area contributed by atoms with Gasteiger partial charge in [-0.05, 0) is 44.6 Å². The van der Waals surface area contributed by atoms with Gasteiger partial charge in [0.1, 0.15) is 17.8 Å². The van der Waals surface area contributed by atoms with Crippen LogP contribution in [0.2, 0.25) is 0 Å². The first-order valence-electron chi connectivity index (χ1n) is 10.4. The number of likely N-dealkylation sites (N-methyl/N-ethyl adjacent to an activating group) is 1. The third-order valence-electron chi connectivity index (χ3n) is 5.11. The van der Waals surface area contributed by atoms with Crippen LogP contribution in [-0.2, 0) is 4.79 Å². The maximum atomic E-state index is 12.4. The summed E-state index contributed by atoms with van der Waals surface area (Å²) in [6.45, 7) is 2.14. The standard InChI is InChI=1S/C24H26N6O/c1-29(2)13-6-9-22(31)30-14-12-20(16-30)28-24-21-15-19(27-23(21)25-17-26-24)11-10-18-7-4-3-5-8-18/h3-9,15,17,20H,12-14,16H2,1-2H3,(H2,25,26,27,28)/b9-6+. The third-order valence-corrected chi connectivity index (χ3v) is 5.11. The van der Waals surface area contributed by atoms with Gasteiger partial charge < -0.3 is 20.1 Å². The first-order chi connectivity index (χ1) is 15.1. The fraction of sp³-hybridized carbons (Fsp3) is 0.292. The van der Waals surface area contributed by atoms with E-state index in [9.17, 15) is 4.79 Å². The number of nitrogens with zero attached hydrogens (tertiary/aromatic N) is 4. The Balaban J connectivity index is 1.43. The molecule has 2 aromatic heterocycles. The number of H-pyrrole nitrogens is 1. The van der Waals surface area contributed by atoms with Gasteiger partial charge in [-0.25, -0.2) is 9.97 Å². The lowest BCUT2D eigenvalue weighted by Gasteiger charge is -2.16. The lowest BCUT2D eigenvalue weighted by Crippen LogP contribution is -2.30. The molecule has 1 aromatic carbocycles. The van der Waals surface area contributed by atoms with Crippen LogP contribution >= 0.6 is 0 Å². The summed E-state index contributed by atoms with van der Waals surface area (Å²) >= 11 is 0. The molecule has 1 atom stereocenters. The van der Waals surface area contributed by atoms with Crippen molar-refractivity contribution in [2.24, 2.45) is 0 Å². The molecule has 158 valence electrons. The van der Waals surface area contributed by atoms with Gasteiger partial charge in [0.2, 0.25) is 5.91 Å². The largest absolute Gasteiger partial charge is 0.365 e. The molecule has 1 aliphatic rings. The fourth-order valence-electron chi connectivity index (χ4n) is 3.52. The van der Waals surface area contributed by atoms with E-state index in [1.54, 1.807) is 6.08 Å². The van der Waals surface area contributed by atoms with Crippen LogP contribution in [0.1, 0.15) is 17.7 Å². The van der Waals surface area contributed by atoms with Crippen molar-refractivity contribution in [3.8, 4) is 11.8 Å². The molecule has 31 heavy (non-hydrogen) atoms. The predicted octanol–water partition coefficient (Wildman–Crippen LogP) is 2.49. The molecule has 1 saturated heterocycles. The van der Waals surface area contributed by atoms with Crippen molar-refractivity contribution in [3.05, 3.63) is 66.1 Å². The molecular weight excluding hydrogens is 388 g/mol. The second-order valence-corrected chi connectivity index (χ2v) is 7.86. The molecule has 0 spiro atoms. The van der Waals surface area contributed by atoms with E-state index in [0.29, 0.717) is 6.54 Å². The number of aromatic amines is 1. The van der Waals surface area contributed by atoms with Crippen LogP contribution in [0, 0.1) is 11.8 Å². The molecule has 0 bridgehead atoms. The highest BCUT2D eigenvalue weighted by molar-refractivity contribution is 5.89. The zero-order chi connectivity index (χ0) is 21.6. The van der Waals surface area contributed by atoms with Crippen molar-refractivity contribution in [1.29, 1.82) is 0 Å². The fourth-order valence-corrected chi connectivity index (χ4v) is 3.52. The zero-order valence-corrected chi connectivity index (χ0v) is 17.8. The van der Waals surface area contributed by atoms with Crippen LogP contribution in [0.25, 0.3) is 11.0 Å². The van der Waals surface area contributed by atoms with Crippen LogP contribution in [0.5, 0.6) is 0 Å². The van der Waals surface area contributed by atoms with E-state index >= 15 is 0 Å². The number of rotatable bonds is 5. The zero-order valence-electron chi connectivity index (χ0n) is 17.8. The topological polar surface area (TPSA) is 77.2 Å². The SMILES string of the molecule is CN(C)C/C=C/C(=O)N1CCC(Nc2ncnc3[nH]c(C#Cc4ccccc4)cc23)C1. The summed E-state index contributed by atoms with van der Waals surface area (Å²) in [5, 5.41) is 4.38. The second kappa shape index (κ2) is 9.45. The summed E-state index contributed by atoms with van der Waals surface area (Å²) in [5.74, 6) is 7.12. The smallest absolute Gasteiger partial charge is 0.246 e. The van der Waals surface area contributed by atoms with Gasteiger partial charge in [-0.15, -0.1) is 0 Å².